The normalized spacial score (nSPS) is 10.6. The Hall–Kier alpha value is -1.75. The summed E-state index contributed by atoms with van der Waals surface area (Å²) >= 11 is 1.65. The topological polar surface area (TPSA) is 55.1 Å². The maximum atomic E-state index is 11.1. The maximum absolute atomic E-state index is 11.1. The summed E-state index contributed by atoms with van der Waals surface area (Å²) in [5, 5.41) is 13.3. The third-order valence-corrected chi connectivity index (χ3v) is 3.46. The van der Waals surface area contributed by atoms with Gasteiger partial charge in [0.1, 0.15) is 5.56 Å². The maximum Gasteiger partial charge on any atom is 0.339 e. The van der Waals surface area contributed by atoms with E-state index in [9.17, 15) is 4.79 Å². The van der Waals surface area contributed by atoms with Crippen LogP contribution in [0.2, 0.25) is 0 Å². The van der Waals surface area contributed by atoms with Crippen LogP contribution in [0.5, 0.6) is 0 Å². The number of carboxylic acid groups (broad SMARTS) is 1. The van der Waals surface area contributed by atoms with Crippen molar-refractivity contribution in [2.45, 2.75) is 18.2 Å². The summed E-state index contributed by atoms with van der Waals surface area (Å²) in [6.45, 7) is 1.93. The Labute approximate surface area is 110 Å². The van der Waals surface area contributed by atoms with Crippen LogP contribution in [0.1, 0.15) is 23.0 Å². The Bertz CT molecular complexity index is 578. The number of hydrogen-bond donors (Lipinski definition) is 1. The third-order valence-electron chi connectivity index (χ3n) is 2.73. The van der Waals surface area contributed by atoms with Crippen molar-refractivity contribution in [1.82, 2.24) is 9.78 Å². The summed E-state index contributed by atoms with van der Waals surface area (Å²) in [6.07, 6.45) is 4.05. The summed E-state index contributed by atoms with van der Waals surface area (Å²) < 4.78 is 1.70. The van der Waals surface area contributed by atoms with Gasteiger partial charge in [0.25, 0.3) is 0 Å². The van der Waals surface area contributed by atoms with Crippen molar-refractivity contribution < 1.29 is 9.90 Å². The van der Waals surface area contributed by atoms with E-state index in [2.05, 4.69) is 5.10 Å². The summed E-state index contributed by atoms with van der Waals surface area (Å²) in [7, 11) is 0. The molecule has 2 rings (SSSR count). The molecule has 94 valence electrons. The summed E-state index contributed by atoms with van der Waals surface area (Å²) in [4.78, 5) is 12.2. The Balaban J connectivity index is 2.53. The highest BCUT2D eigenvalue weighted by Crippen LogP contribution is 2.21. The van der Waals surface area contributed by atoms with E-state index in [1.54, 1.807) is 16.4 Å². The average Bonchev–Trinajstić information content (AvgIpc) is 2.82. The second-order valence-electron chi connectivity index (χ2n) is 3.78. The van der Waals surface area contributed by atoms with E-state index in [0.29, 0.717) is 6.42 Å². The Morgan fingerprint density at radius 2 is 2.28 bits per heavy atom. The van der Waals surface area contributed by atoms with Gasteiger partial charge in [-0.05, 0) is 30.9 Å². The quantitative estimate of drug-likeness (QED) is 0.861. The van der Waals surface area contributed by atoms with Crippen LogP contribution in [0.4, 0.5) is 0 Å². The molecule has 1 aromatic carbocycles. The first-order valence-corrected chi connectivity index (χ1v) is 6.84. The summed E-state index contributed by atoms with van der Waals surface area (Å²) in [6, 6.07) is 7.89. The van der Waals surface area contributed by atoms with Gasteiger partial charge in [-0.3, -0.25) is 0 Å². The number of aromatic nitrogens is 2. The molecule has 18 heavy (non-hydrogen) atoms. The van der Waals surface area contributed by atoms with E-state index >= 15 is 0 Å². The number of benzene rings is 1. The number of rotatable bonds is 4. The second kappa shape index (κ2) is 5.27. The van der Waals surface area contributed by atoms with E-state index in [4.69, 9.17) is 5.11 Å². The fourth-order valence-electron chi connectivity index (χ4n) is 1.86. The minimum Gasteiger partial charge on any atom is -0.478 e. The highest BCUT2D eigenvalue weighted by atomic mass is 32.2. The average molecular weight is 262 g/mol. The first-order chi connectivity index (χ1) is 8.67. The van der Waals surface area contributed by atoms with E-state index in [1.165, 1.54) is 6.20 Å². The summed E-state index contributed by atoms with van der Waals surface area (Å²) in [5.41, 5.74) is 1.89. The fourth-order valence-corrected chi connectivity index (χ4v) is 2.31. The first kappa shape index (κ1) is 12.7. The molecule has 0 saturated carbocycles. The van der Waals surface area contributed by atoms with Crippen molar-refractivity contribution >= 4 is 17.7 Å². The highest BCUT2D eigenvalue weighted by Gasteiger charge is 2.15. The Morgan fingerprint density at radius 3 is 2.89 bits per heavy atom. The van der Waals surface area contributed by atoms with E-state index in [-0.39, 0.29) is 5.56 Å². The molecule has 1 N–H and O–H groups in total. The van der Waals surface area contributed by atoms with Crippen LogP contribution in [0.25, 0.3) is 5.69 Å². The van der Waals surface area contributed by atoms with Gasteiger partial charge >= 0.3 is 5.97 Å². The largest absolute Gasteiger partial charge is 0.478 e. The molecule has 0 aliphatic rings. The number of nitrogens with zero attached hydrogens (tertiary/aromatic N) is 2. The standard InChI is InChI=1S/C13H14N2O2S/c1-3-12-11(13(16)17)8-14-15(12)9-5-4-6-10(7-9)18-2/h4-8H,3H2,1-2H3,(H,16,17). The van der Waals surface area contributed by atoms with Gasteiger partial charge in [-0.1, -0.05) is 13.0 Å². The number of aromatic carboxylic acids is 1. The van der Waals surface area contributed by atoms with E-state index < -0.39 is 5.97 Å². The zero-order valence-electron chi connectivity index (χ0n) is 10.3. The molecule has 2 aromatic rings. The monoisotopic (exact) mass is 262 g/mol. The fraction of sp³-hybridized carbons (Fsp3) is 0.231. The zero-order valence-corrected chi connectivity index (χ0v) is 11.1. The summed E-state index contributed by atoms with van der Waals surface area (Å²) in [5.74, 6) is -0.931. The van der Waals surface area contributed by atoms with Gasteiger partial charge in [0.15, 0.2) is 0 Å². The Kier molecular flexibility index (Phi) is 3.72. The van der Waals surface area contributed by atoms with Gasteiger partial charge in [0.05, 0.1) is 17.6 Å². The van der Waals surface area contributed by atoms with Gasteiger partial charge in [-0.2, -0.15) is 5.10 Å². The molecular weight excluding hydrogens is 248 g/mol. The van der Waals surface area contributed by atoms with Gasteiger partial charge in [0, 0.05) is 4.90 Å². The molecule has 4 nitrogen and oxygen atoms in total. The molecule has 1 aromatic heterocycles. The molecule has 0 aliphatic carbocycles. The Morgan fingerprint density at radius 1 is 1.50 bits per heavy atom. The smallest absolute Gasteiger partial charge is 0.339 e. The van der Waals surface area contributed by atoms with Crippen molar-refractivity contribution in [1.29, 1.82) is 0 Å². The van der Waals surface area contributed by atoms with Gasteiger partial charge in [-0.15, -0.1) is 11.8 Å². The van der Waals surface area contributed by atoms with Crippen LogP contribution in [0.3, 0.4) is 0 Å². The molecule has 1 heterocycles. The SMILES string of the molecule is CCc1c(C(=O)O)cnn1-c1cccc(SC)c1. The molecule has 5 heteroatoms. The van der Waals surface area contributed by atoms with Crippen LogP contribution in [0.15, 0.2) is 35.4 Å². The molecule has 0 amide bonds. The van der Waals surface area contributed by atoms with Gasteiger partial charge < -0.3 is 5.11 Å². The molecule has 0 unspecified atom stereocenters. The van der Waals surface area contributed by atoms with Crippen LogP contribution < -0.4 is 0 Å². The lowest BCUT2D eigenvalue weighted by Gasteiger charge is -2.07. The van der Waals surface area contributed by atoms with E-state index in [0.717, 1.165) is 16.3 Å². The molecule has 0 spiro atoms. The number of carboxylic acids is 1. The van der Waals surface area contributed by atoms with Crippen molar-refractivity contribution in [2.75, 3.05) is 6.26 Å². The first-order valence-electron chi connectivity index (χ1n) is 5.62. The lowest BCUT2D eigenvalue weighted by Crippen LogP contribution is -2.05. The predicted molar refractivity (Wildman–Crippen MR) is 71.7 cm³/mol. The van der Waals surface area contributed by atoms with Crippen molar-refractivity contribution in [3.05, 3.63) is 41.7 Å². The van der Waals surface area contributed by atoms with Gasteiger partial charge in [0.2, 0.25) is 0 Å². The van der Waals surface area contributed by atoms with Crippen LogP contribution in [-0.2, 0) is 6.42 Å². The third kappa shape index (κ3) is 2.26. The molecule has 0 atom stereocenters. The molecule has 0 radical (unpaired) electrons. The minimum atomic E-state index is -0.931. The second-order valence-corrected chi connectivity index (χ2v) is 4.66. The zero-order chi connectivity index (χ0) is 13.1. The number of thioether (sulfide) groups is 1. The van der Waals surface area contributed by atoms with Crippen molar-refractivity contribution in [3.63, 3.8) is 0 Å². The minimum absolute atomic E-state index is 0.270. The molecule has 0 fully saturated rings. The predicted octanol–water partition coefficient (Wildman–Crippen LogP) is 2.85. The molecule has 0 bridgehead atoms. The van der Waals surface area contributed by atoms with Crippen molar-refractivity contribution in [2.24, 2.45) is 0 Å². The van der Waals surface area contributed by atoms with Crippen LogP contribution in [-0.4, -0.2) is 27.1 Å². The highest BCUT2D eigenvalue weighted by molar-refractivity contribution is 7.98. The lowest BCUT2D eigenvalue weighted by molar-refractivity contribution is 0.0695. The van der Waals surface area contributed by atoms with E-state index in [1.807, 2.05) is 37.4 Å². The number of hydrogen-bond acceptors (Lipinski definition) is 3. The van der Waals surface area contributed by atoms with Crippen LogP contribution >= 0.6 is 11.8 Å². The van der Waals surface area contributed by atoms with Crippen LogP contribution in [0, 0.1) is 0 Å². The number of carbonyl (C=O) groups is 1. The lowest BCUT2D eigenvalue weighted by atomic mass is 10.2. The van der Waals surface area contributed by atoms with Crippen molar-refractivity contribution in [3.8, 4) is 5.69 Å². The van der Waals surface area contributed by atoms with Gasteiger partial charge in [-0.25, -0.2) is 9.48 Å². The molecule has 0 saturated heterocycles. The molecular formula is C13H14N2O2S. The molecule has 0 aliphatic heterocycles.